The van der Waals surface area contributed by atoms with Crippen molar-refractivity contribution >= 4 is 22.5 Å². The van der Waals surface area contributed by atoms with Crippen molar-refractivity contribution in [3.8, 4) is 0 Å². The van der Waals surface area contributed by atoms with E-state index in [1.807, 2.05) is 13.2 Å². The van der Waals surface area contributed by atoms with E-state index in [4.69, 9.17) is 11.6 Å². The topological polar surface area (TPSA) is 4.93 Å². The Morgan fingerprint density at radius 3 is 2.62 bits per heavy atom. The number of rotatable bonds is 0. The highest BCUT2D eigenvalue weighted by atomic mass is 35.5. The summed E-state index contributed by atoms with van der Waals surface area (Å²) in [4.78, 5) is 0. The Kier molecular flexibility index (Phi) is 1.85. The monoisotopic (exact) mass is 193 g/mol. The third-order valence-electron chi connectivity index (χ3n) is 2.62. The lowest BCUT2D eigenvalue weighted by Gasteiger charge is -2.03. The van der Waals surface area contributed by atoms with E-state index in [9.17, 15) is 0 Å². The Balaban J connectivity index is 2.98. The molecule has 1 aromatic carbocycles. The fraction of sp³-hybridized carbons (Fsp3) is 0.273. The minimum atomic E-state index is 0.834. The molecule has 1 nitrogen and oxygen atoms in total. The quantitative estimate of drug-likeness (QED) is 0.604. The summed E-state index contributed by atoms with van der Waals surface area (Å²) in [5, 5.41) is 1.98. The fourth-order valence-electron chi connectivity index (χ4n) is 1.75. The van der Waals surface area contributed by atoms with Crippen LogP contribution in [0.5, 0.6) is 0 Å². The molecule has 0 amide bonds. The lowest BCUT2D eigenvalue weighted by molar-refractivity contribution is 0.963. The van der Waals surface area contributed by atoms with Crippen LogP contribution < -0.4 is 0 Å². The third-order valence-corrected chi connectivity index (χ3v) is 2.92. The first-order valence-corrected chi connectivity index (χ1v) is 4.70. The minimum Gasteiger partial charge on any atom is -0.349 e. The van der Waals surface area contributed by atoms with Gasteiger partial charge in [0.05, 0.1) is 10.5 Å². The van der Waals surface area contributed by atoms with Gasteiger partial charge in [-0.05, 0) is 25.0 Å². The van der Waals surface area contributed by atoms with Crippen LogP contribution in [0.15, 0.2) is 18.3 Å². The molecule has 0 saturated heterocycles. The van der Waals surface area contributed by atoms with Gasteiger partial charge >= 0.3 is 0 Å². The number of halogens is 1. The summed E-state index contributed by atoms with van der Waals surface area (Å²) in [5.41, 5.74) is 3.86. The van der Waals surface area contributed by atoms with Gasteiger partial charge in [-0.25, -0.2) is 0 Å². The van der Waals surface area contributed by atoms with E-state index in [2.05, 4.69) is 30.5 Å². The highest BCUT2D eigenvalue weighted by molar-refractivity contribution is 6.35. The first-order chi connectivity index (χ1) is 6.11. The van der Waals surface area contributed by atoms with Gasteiger partial charge in [-0.1, -0.05) is 23.7 Å². The molecule has 0 spiro atoms. The summed E-state index contributed by atoms with van der Waals surface area (Å²) >= 11 is 6.08. The van der Waals surface area contributed by atoms with Crippen LogP contribution in [0.1, 0.15) is 11.1 Å². The predicted molar refractivity (Wildman–Crippen MR) is 57.4 cm³/mol. The van der Waals surface area contributed by atoms with E-state index >= 15 is 0 Å². The number of aromatic nitrogens is 1. The van der Waals surface area contributed by atoms with Crippen LogP contribution in [0.2, 0.25) is 5.02 Å². The SMILES string of the molecule is Cc1ccc2c(Cl)cn(C)c2c1C. The van der Waals surface area contributed by atoms with Crippen LogP contribution in [0.3, 0.4) is 0 Å². The summed E-state index contributed by atoms with van der Waals surface area (Å²) in [6, 6.07) is 4.20. The largest absolute Gasteiger partial charge is 0.349 e. The Bertz CT molecular complexity index is 468. The van der Waals surface area contributed by atoms with Crippen LogP contribution >= 0.6 is 11.6 Å². The van der Waals surface area contributed by atoms with Crippen molar-refractivity contribution in [1.82, 2.24) is 4.57 Å². The van der Waals surface area contributed by atoms with Crippen molar-refractivity contribution in [2.45, 2.75) is 13.8 Å². The number of hydrogen-bond acceptors (Lipinski definition) is 0. The van der Waals surface area contributed by atoms with Crippen molar-refractivity contribution in [3.63, 3.8) is 0 Å². The first-order valence-electron chi connectivity index (χ1n) is 4.32. The van der Waals surface area contributed by atoms with Gasteiger partial charge in [0.25, 0.3) is 0 Å². The fourth-order valence-corrected chi connectivity index (χ4v) is 2.05. The molecule has 0 aliphatic heterocycles. The zero-order valence-electron chi connectivity index (χ0n) is 8.06. The molecular formula is C11H12ClN. The zero-order valence-corrected chi connectivity index (χ0v) is 8.81. The second-order valence-electron chi connectivity index (χ2n) is 3.49. The molecule has 1 heterocycles. The average molecular weight is 194 g/mol. The molecule has 0 unspecified atom stereocenters. The standard InChI is InChI=1S/C11H12ClN/c1-7-4-5-9-10(12)6-13(3)11(9)8(7)2/h4-6H,1-3H3. The minimum absolute atomic E-state index is 0.834. The van der Waals surface area contributed by atoms with Gasteiger partial charge in [0.2, 0.25) is 0 Å². The Hall–Kier alpha value is -0.950. The van der Waals surface area contributed by atoms with Crippen LogP contribution in [-0.4, -0.2) is 4.57 Å². The van der Waals surface area contributed by atoms with Crippen molar-refractivity contribution in [2.75, 3.05) is 0 Å². The molecule has 0 aliphatic rings. The molecule has 68 valence electrons. The van der Waals surface area contributed by atoms with Gasteiger partial charge in [0, 0.05) is 18.6 Å². The highest BCUT2D eigenvalue weighted by Gasteiger charge is 2.07. The number of fused-ring (bicyclic) bond motifs is 1. The van der Waals surface area contributed by atoms with Crippen LogP contribution in [-0.2, 0) is 7.05 Å². The number of hydrogen-bond donors (Lipinski definition) is 0. The number of nitrogens with zero attached hydrogens (tertiary/aromatic N) is 1. The van der Waals surface area contributed by atoms with Gasteiger partial charge in [-0.15, -0.1) is 0 Å². The van der Waals surface area contributed by atoms with Gasteiger partial charge < -0.3 is 4.57 Å². The molecule has 0 aliphatic carbocycles. The zero-order chi connectivity index (χ0) is 9.59. The molecule has 2 aromatic rings. The Labute approximate surface area is 82.9 Å². The van der Waals surface area contributed by atoms with E-state index in [1.54, 1.807) is 0 Å². The molecule has 0 saturated carbocycles. The Morgan fingerprint density at radius 2 is 1.92 bits per heavy atom. The van der Waals surface area contributed by atoms with Crippen LogP contribution in [0.4, 0.5) is 0 Å². The average Bonchev–Trinajstić information content (AvgIpc) is 2.35. The van der Waals surface area contributed by atoms with Gasteiger partial charge in [-0.2, -0.15) is 0 Å². The molecule has 1 aromatic heterocycles. The highest BCUT2D eigenvalue weighted by Crippen LogP contribution is 2.28. The molecule has 2 heteroatoms. The van der Waals surface area contributed by atoms with E-state index in [-0.39, 0.29) is 0 Å². The second-order valence-corrected chi connectivity index (χ2v) is 3.90. The Morgan fingerprint density at radius 1 is 1.23 bits per heavy atom. The first kappa shape index (κ1) is 8.64. The summed E-state index contributed by atoms with van der Waals surface area (Å²) in [5.74, 6) is 0. The van der Waals surface area contributed by atoms with E-state index in [0.717, 1.165) is 10.4 Å². The second kappa shape index (κ2) is 2.78. The normalized spacial score (nSPS) is 11.1. The maximum absolute atomic E-state index is 6.08. The molecule has 0 radical (unpaired) electrons. The third kappa shape index (κ3) is 1.15. The maximum Gasteiger partial charge on any atom is 0.0661 e. The number of benzene rings is 1. The summed E-state index contributed by atoms with van der Waals surface area (Å²) in [7, 11) is 2.03. The smallest absolute Gasteiger partial charge is 0.0661 e. The molecule has 0 bridgehead atoms. The van der Waals surface area contributed by atoms with E-state index in [0.29, 0.717) is 0 Å². The van der Waals surface area contributed by atoms with Gasteiger partial charge in [0.1, 0.15) is 0 Å². The lowest BCUT2D eigenvalue weighted by atomic mass is 10.1. The molecular weight excluding hydrogens is 182 g/mol. The summed E-state index contributed by atoms with van der Waals surface area (Å²) < 4.78 is 2.08. The molecule has 2 rings (SSSR count). The van der Waals surface area contributed by atoms with Crippen molar-refractivity contribution in [1.29, 1.82) is 0 Å². The van der Waals surface area contributed by atoms with E-state index < -0.39 is 0 Å². The van der Waals surface area contributed by atoms with Crippen LogP contribution in [0.25, 0.3) is 10.9 Å². The van der Waals surface area contributed by atoms with Gasteiger partial charge in [-0.3, -0.25) is 0 Å². The number of aryl methyl sites for hydroxylation is 3. The van der Waals surface area contributed by atoms with Crippen molar-refractivity contribution in [2.24, 2.45) is 7.05 Å². The molecule has 0 atom stereocenters. The lowest BCUT2D eigenvalue weighted by Crippen LogP contribution is -1.89. The molecule has 0 N–H and O–H groups in total. The maximum atomic E-state index is 6.08. The van der Waals surface area contributed by atoms with E-state index in [1.165, 1.54) is 16.6 Å². The van der Waals surface area contributed by atoms with Gasteiger partial charge in [0.15, 0.2) is 0 Å². The van der Waals surface area contributed by atoms with Crippen molar-refractivity contribution < 1.29 is 0 Å². The summed E-state index contributed by atoms with van der Waals surface area (Å²) in [6.07, 6.45) is 1.96. The predicted octanol–water partition coefficient (Wildman–Crippen LogP) is 3.45. The molecule has 13 heavy (non-hydrogen) atoms. The van der Waals surface area contributed by atoms with Crippen molar-refractivity contribution in [3.05, 3.63) is 34.5 Å². The van der Waals surface area contributed by atoms with Crippen LogP contribution in [0, 0.1) is 13.8 Å². The molecule has 0 fully saturated rings. The summed E-state index contributed by atoms with van der Waals surface area (Å²) in [6.45, 7) is 4.25.